The molecule has 0 saturated heterocycles. The van der Waals surface area contributed by atoms with Gasteiger partial charge in [0.25, 0.3) is 0 Å². The molecule has 3 nitrogen and oxygen atoms in total. The molecule has 1 fully saturated rings. The number of aromatic nitrogens is 3. The third-order valence-electron chi connectivity index (χ3n) is 14.6. The molecule has 302 valence electrons. The largest absolute Gasteiger partial charge is 0.308 e. The molecule has 3 heterocycles. The molecule has 0 amide bonds. The summed E-state index contributed by atoms with van der Waals surface area (Å²) < 4.78 is 5.08. The average molecular weight is 836 g/mol. The molecule has 0 atom stereocenters. The van der Waals surface area contributed by atoms with E-state index in [9.17, 15) is 0 Å². The van der Waals surface area contributed by atoms with Crippen molar-refractivity contribution in [2.24, 2.45) is 0 Å². The Labute approximate surface area is 374 Å². The van der Waals surface area contributed by atoms with Crippen LogP contribution in [0.3, 0.4) is 0 Å². The van der Waals surface area contributed by atoms with Crippen LogP contribution in [0, 0.1) is 0 Å². The van der Waals surface area contributed by atoms with Gasteiger partial charge in [-0.2, -0.15) is 0 Å². The zero-order valence-electron chi connectivity index (χ0n) is 35.2. The molecule has 12 aromatic rings. The van der Waals surface area contributed by atoms with Crippen LogP contribution in [0.5, 0.6) is 0 Å². The molecule has 64 heavy (non-hydrogen) atoms. The maximum Gasteiger partial charge on any atom is 0.161 e. The van der Waals surface area contributed by atoms with Crippen molar-refractivity contribution in [2.75, 3.05) is 0 Å². The van der Waals surface area contributed by atoms with Gasteiger partial charge < -0.3 is 4.57 Å². The Kier molecular flexibility index (Phi) is 7.79. The molecular weight excluding hydrogens is 795 g/mol. The van der Waals surface area contributed by atoms with Crippen molar-refractivity contribution in [1.29, 1.82) is 0 Å². The maximum absolute atomic E-state index is 5.39. The van der Waals surface area contributed by atoms with Gasteiger partial charge in [-0.1, -0.05) is 177 Å². The Hall–Kier alpha value is -7.40. The van der Waals surface area contributed by atoms with Crippen LogP contribution >= 0.6 is 11.3 Å². The fraction of sp³-hybridized carbons (Fsp3) is 0.100. The van der Waals surface area contributed by atoms with Gasteiger partial charge in [-0.05, 0) is 76.2 Å². The number of hydrogen-bond donors (Lipinski definition) is 0. The Morgan fingerprint density at radius 3 is 1.95 bits per heavy atom. The molecule has 0 bridgehead atoms. The molecule has 14 rings (SSSR count). The second kappa shape index (κ2) is 13.8. The summed E-state index contributed by atoms with van der Waals surface area (Å²) in [5, 5.41) is 10.4. The van der Waals surface area contributed by atoms with E-state index in [0.717, 1.165) is 39.6 Å². The van der Waals surface area contributed by atoms with E-state index in [1.165, 1.54) is 112 Å². The molecule has 9 aromatic carbocycles. The van der Waals surface area contributed by atoms with Crippen LogP contribution in [0.4, 0.5) is 0 Å². The number of nitrogens with zero attached hydrogens (tertiary/aromatic N) is 3. The summed E-state index contributed by atoms with van der Waals surface area (Å²) in [7, 11) is 0. The molecule has 1 spiro atoms. The van der Waals surface area contributed by atoms with Crippen molar-refractivity contribution in [1.82, 2.24) is 14.5 Å². The highest BCUT2D eigenvalue weighted by molar-refractivity contribution is 7.26. The van der Waals surface area contributed by atoms with Crippen LogP contribution < -0.4 is 0 Å². The maximum atomic E-state index is 5.39. The first-order chi connectivity index (χ1) is 31.7. The van der Waals surface area contributed by atoms with Gasteiger partial charge in [0.15, 0.2) is 5.82 Å². The highest BCUT2D eigenvalue weighted by Crippen LogP contribution is 2.61. The standard InChI is InChI=1S/C60H41N3S/c1-3-17-38(18-4-1)50-36-51(62-59(61-50)48-25-15-24-45-42-20-10-12-27-52(42)64-58(45)48)39-28-31-40(32-29-39)63-56-41-19-6-5-16-37(41)30-33-47(56)54-55-53(43-21-7-8-22-44(43)57(54)63)46-23-9-11-26-49(46)60(55)34-13-2-14-35-60/h1,3-12,15-33,36H,2,13-14,34-35H2. The minimum absolute atomic E-state index is 0.0115. The Bertz CT molecular complexity index is 3870. The van der Waals surface area contributed by atoms with Crippen LogP contribution in [0.15, 0.2) is 188 Å². The van der Waals surface area contributed by atoms with E-state index in [-0.39, 0.29) is 5.41 Å². The van der Waals surface area contributed by atoms with Crippen LogP contribution in [-0.4, -0.2) is 14.5 Å². The molecule has 0 radical (unpaired) electrons. The van der Waals surface area contributed by atoms with Gasteiger partial charge in [-0.25, -0.2) is 9.97 Å². The summed E-state index contributed by atoms with van der Waals surface area (Å²) >= 11 is 1.82. The first-order valence-electron chi connectivity index (χ1n) is 22.7. The van der Waals surface area contributed by atoms with E-state index in [1.807, 2.05) is 11.3 Å². The van der Waals surface area contributed by atoms with Gasteiger partial charge in [0.2, 0.25) is 0 Å². The lowest BCUT2D eigenvalue weighted by Crippen LogP contribution is -2.28. The fourth-order valence-corrected chi connectivity index (χ4v) is 13.1. The van der Waals surface area contributed by atoms with Crippen molar-refractivity contribution in [3.8, 4) is 50.7 Å². The summed E-state index contributed by atoms with van der Waals surface area (Å²) in [4.78, 5) is 10.7. The molecule has 0 N–H and O–H groups in total. The lowest BCUT2D eigenvalue weighted by atomic mass is 9.66. The van der Waals surface area contributed by atoms with E-state index in [4.69, 9.17) is 9.97 Å². The molecule has 2 aliphatic rings. The zero-order valence-corrected chi connectivity index (χ0v) is 36.0. The van der Waals surface area contributed by atoms with Gasteiger partial charge in [0.05, 0.1) is 22.4 Å². The smallest absolute Gasteiger partial charge is 0.161 e. The minimum Gasteiger partial charge on any atom is -0.308 e. The van der Waals surface area contributed by atoms with E-state index in [0.29, 0.717) is 0 Å². The monoisotopic (exact) mass is 835 g/mol. The first kappa shape index (κ1) is 36.1. The van der Waals surface area contributed by atoms with Gasteiger partial charge in [-0.3, -0.25) is 0 Å². The van der Waals surface area contributed by atoms with Gasteiger partial charge in [-0.15, -0.1) is 11.3 Å². The molecule has 2 aliphatic carbocycles. The summed E-state index contributed by atoms with van der Waals surface area (Å²) in [5.74, 6) is 0.740. The number of thiophene rings is 1. The summed E-state index contributed by atoms with van der Waals surface area (Å²) in [5.41, 5.74) is 14.7. The Morgan fingerprint density at radius 1 is 0.469 bits per heavy atom. The quantitative estimate of drug-likeness (QED) is 0.177. The normalized spacial score (nSPS) is 14.4. The van der Waals surface area contributed by atoms with E-state index in [1.54, 1.807) is 5.56 Å². The van der Waals surface area contributed by atoms with Crippen LogP contribution in [0.1, 0.15) is 43.2 Å². The lowest BCUT2D eigenvalue weighted by molar-refractivity contribution is 0.355. The summed E-state index contributed by atoms with van der Waals surface area (Å²) in [6.07, 6.45) is 6.17. The van der Waals surface area contributed by atoms with Gasteiger partial charge in [0.1, 0.15) is 0 Å². The number of fused-ring (bicyclic) bond motifs is 17. The predicted octanol–water partition coefficient (Wildman–Crippen LogP) is 16.5. The fourth-order valence-electron chi connectivity index (χ4n) is 11.8. The zero-order chi connectivity index (χ0) is 41.9. The Morgan fingerprint density at radius 2 is 1.12 bits per heavy atom. The number of hydrogen-bond acceptors (Lipinski definition) is 3. The second-order valence-corrected chi connectivity index (χ2v) is 18.9. The van der Waals surface area contributed by atoms with Gasteiger partial charge in [0, 0.05) is 69.5 Å². The highest BCUT2D eigenvalue weighted by atomic mass is 32.1. The van der Waals surface area contributed by atoms with Crippen LogP contribution in [0.2, 0.25) is 0 Å². The highest BCUT2D eigenvalue weighted by Gasteiger charge is 2.46. The first-order valence-corrected chi connectivity index (χ1v) is 23.5. The predicted molar refractivity (Wildman–Crippen MR) is 270 cm³/mol. The van der Waals surface area contributed by atoms with Gasteiger partial charge >= 0.3 is 0 Å². The minimum atomic E-state index is -0.0115. The molecular formula is C60H41N3S. The SMILES string of the molecule is c1ccc(-c2cc(-c3ccc(-n4c5c6ccccc6ccc5c5c6c(c7ccccc7c54)-c4ccccc4C64CCCCC4)cc3)nc(-c3cccc4c3sc3ccccc34)n2)cc1. The number of benzene rings is 9. The second-order valence-electron chi connectivity index (χ2n) is 17.9. The van der Waals surface area contributed by atoms with E-state index >= 15 is 0 Å². The molecule has 3 aromatic heterocycles. The van der Waals surface area contributed by atoms with Crippen molar-refractivity contribution < 1.29 is 0 Å². The van der Waals surface area contributed by atoms with Crippen LogP contribution in [-0.2, 0) is 5.41 Å². The third kappa shape index (κ3) is 5.09. The molecule has 1 saturated carbocycles. The average Bonchev–Trinajstić information content (AvgIpc) is 4.01. The summed E-state index contributed by atoms with van der Waals surface area (Å²) in [6, 6.07) is 69.3. The Balaban J connectivity index is 1.02. The topological polar surface area (TPSA) is 30.7 Å². The molecule has 0 aliphatic heterocycles. The molecule has 0 unspecified atom stereocenters. The number of rotatable bonds is 4. The van der Waals surface area contributed by atoms with Crippen molar-refractivity contribution >= 4 is 74.9 Å². The lowest BCUT2D eigenvalue weighted by Gasteiger charge is -2.36. The third-order valence-corrected chi connectivity index (χ3v) is 15.8. The molecule has 4 heteroatoms. The van der Waals surface area contributed by atoms with Crippen molar-refractivity contribution in [2.45, 2.75) is 37.5 Å². The summed E-state index contributed by atoms with van der Waals surface area (Å²) in [6.45, 7) is 0. The van der Waals surface area contributed by atoms with E-state index in [2.05, 4.69) is 193 Å². The van der Waals surface area contributed by atoms with Crippen molar-refractivity contribution in [3.63, 3.8) is 0 Å². The van der Waals surface area contributed by atoms with Crippen molar-refractivity contribution in [3.05, 3.63) is 199 Å². The van der Waals surface area contributed by atoms with Crippen LogP contribution in [0.25, 0.3) is 114 Å². The van der Waals surface area contributed by atoms with E-state index < -0.39 is 0 Å².